The van der Waals surface area contributed by atoms with Crippen LogP contribution in [0.5, 0.6) is 0 Å². The molecule has 1 aromatic rings. The average Bonchev–Trinajstić information content (AvgIpc) is 2.81. The van der Waals surface area contributed by atoms with E-state index in [1.165, 1.54) is 19.5 Å². The van der Waals surface area contributed by atoms with Crippen molar-refractivity contribution in [1.29, 1.82) is 0 Å². The van der Waals surface area contributed by atoms with Gasteiger partial charge in [0, 0.05) is 12.5 Å². The zero-order chi connectivity index (χ0) is 13.0. The highest BCUT2D eigenvalue weighted by Crippen LogP contribution is 2.25. The zero-order valence-electron chi connectivity index (χ0n) is 10.3. The van der Waals surface area contributed by atoms with Gasteiger partial charge in [0.1, 0.15) is 5.82 Å². The Morgan fingerprint density at radius 2 is 2.33 bits per heavy atom. The Balaban J connectivity index is 1.88. The van der Waals surface area contributed by atoms with Crippen LogP contribution < -0.4 is 5.32 Å². The summed E-state index contributed by atoms with van der Waals surface area (Å²) in [4.78, 5) is 19.2. The number of nitrogens with zero attached hydrogens (tertiary/aromatic N) is 2. The first-order valence-electron chi connectivity index (χ1n) is 6.03. The molecule has 0 radical (unpaired) electrons. The van der Waals surface area contributed by atoms with Crippen LogP contribution in [0.1, 0.15) is 29.8 Å². The van der Waals surface area contributed by atoms with Gasteiger partial charge in [-0.05, 0) is 12.8 Å². The normalized spacial score (nSPS) is 22.8. The summed E-state index contributed by atoms with van der Waals surface area (Å²) < 4.78 is 4.54. The summed E-state index contributed by atoms with van der Waals surface area (Å²) >= 11 is 0. The molecule has 0 aliphatic heterocycles. The molecule has 18 heavy (non-hydrogen) atoms. The lowest BCUT2D eigenvalue weighted by Crippen LogP contribution is -2.22. The van der Waals surface area contributed by atoms with Crippen molar-refractivity contribution in [2.24, 2.45) is 5.92 Å². The second-order valence-corrected chi connectivity index (χ2v) is 4.42. The number of aliphatic hydroxyl groups is 1. The Labute approximate surface area is 105 Å². The molecule has 6 nitrogen and oxygen atoms in total. The molecular formula is C12H17N3O3. The monoisotopic (exact) mass is 251 g/mol. The first-order chi connectivity index (χ1) is 8.70. The van der Waals surface area contributed by atoms with Crippen LogP contribution >= 0.6 is 0 Å². The SMILES string of the molecule is COC(=O)c1cnc(NCC2CCCC2O)cn1. The number of hydrogen-bond acceptors (Lipinski definition) is 6. The van der Waals surface area contributed by atoms with Gasteiger partial charge in [0.25, 0.3) is 0 Å². The molecule has 98 valence electrons. The maximum absolute atomic E-state index is 11.2. The smallest absolute Gasteiger partial charge is 0.358 e. The van der Waals surface area contributed by atoms with Crippen molar-refractivity contribution in [3.8, 4) is 0 Å². The molecule has 1 aliphatic carbocycles. The van der Waals surface area contributed by atoms with Crippen molar-refractivity contribution in [3.05, 3.63) is 18.1 Å². The molecule has 0 aromatic carbocycles. The number of ether oxygens (including phenoxy) is 1. The first kappa shape index (κ1) is 12.8. The number of carbonyl (C=O) groups is 1. The molecule has 1 aliphatic rings. The van der Waals surface area contributed by atoms with Gasteiger partial charge in [-0.25, -0.2) is 14.8 Å². The summed E-state index contributed by atoms with van der Waals surface area (Å²) in [5, 5.41) is 12.8. The molecule has 2 rings (SSSR count). The highest BCUT2D eigenvalue weighted by atomic mass is 16.5. The standard InChI is InChI=1S/C12H17N3O3/c1-18-12(17)9-6-15-11(7-13-9)14-5-8-3-2-4-10(8)16/h6-8,10,16H,2-5H2,1H3,(H,14,15). The summed E-state index contributed by atoms with van der Waals surface area (Å²) in [6.45, 7) is 0.674. The average molecular weight is 251 g/mol. The third kappa shape index (κ3) is 2.95. The Morgan fingerprint density at radius 3 is 2.89 bits per heavy atom. The van der Waals surface area contributed by atoms with Crippen molar-refractivity contribution in [3.63, 3.8) is 0 Å². The van der Waals surface area contributed by atoms with E-state index in [0.29, 0.717) is 12.4 Å². The second-order valence-electron chi connectivity index (χ2n) is 4.42. The minimum Gasteiger partial charge on any atom is -0.464 e. The second kappa shape index (κ2) is 5.77. The lowest BCUT2D eigenvalue weighted by Gasteiger charge is -2.15. The van der Waals surface area contributed by atoms with Gasteiger partial charge in [0.15, 0.2) is 5.69 Å². The molecule has 2 atom stereocenters. The van der Waals surface area contributed by atoms with E-state index in [-0.39, 0.29) is 17.7 Å². The van der Waals surface area contributed by atoms with Crippen LogP contribution in [0.2, 0.25) is 0 Å². The summed E-state index contributed by atoms with van der Waals surface area (Å²) in [7, 11) is 1.30. The molecule has 1 heterocycles. The fourth-order valence-corrected chi connectivity index (χ4v) is 2.12. The van der Waals surface area contributed by atoms with Gasteiger partial charge in [-0.3, -0.25) is 0 Å². The number of nitrogens with one attached hydrogen (secondary N) is 1. The molecule has 2 N–H and O–H groups in total. The zero-order valence-corrected chi connectivity index (χ0v) is 10.3. The van der Waals surface area contributed by atoms with Crippen LogP contribution in [0.25, 0.3) is 0 Å². The van der Waals surface area contributed by atoms with E-state index in [1.807, 2.05) is 0 Å². The summed E-state index contributed by atoms with van der Waals surface area (Å²) in [6.07, 6.45) is 5.62. The van der Waals surface area contributed by atoms with Crippen LogP contribution in [0.4, 0.5) is 5.82 Å². The lowest BCUT2D eigenvalue weighted by molar-refractivity contribution is 0.0593. The molecule has 0 spiro atoms. The van der Waals surface area contributed by atoms with Gasteiger partial charge in [-0.2, -0.15) is 0 Å². The molecule has 0 saturated heterocycles. The topological polar surface area (TPSA) is 84.3 Å². The minimum atomic E-state index is -0.500. The summed E-state index contributed by atoms with van der Waals surface area (Å²) in [5.41, 5.74) is 0.184. The van der Waals surface area contributed by atoms with Crippen LogP contribution in [-0.2, 0) is 4.74 Å². The molecule has 1 saturated carbocycles. The van der Waals surface area contributed by atoms with E-state index in [9.17, 15) is 9.90 Å². The largest absolute Gasteiger partial charge is 0.464 e. The number of esters is 1. The fraction of sp³-hybridized carbons (Fsp3) is 0.583. The predicted molar refractivity (Wildman–Crippen MR) is 65.2 cm³/mol. The molecule has 6 heteroatoms. The minimum absolute atomic E-state index is 0.184. The number of hydrogen-bond donors (Lipinski definition) is 2. The lowest BCUT2D eigenvalue weighted by atomic mass is 10.1. The summed E-state index contributed by atoms with van der Waals surface area (Å²) in [6, 6.07) is 0. The maximum Gasteiger partial charge on any atom is 0.358 e. The highest BCUT2D eigenvalue weighted by Gasteiger charge is 2.24. The van der Waals surface area contributed by atoms with Gasteiger partial charge >= 0.3 is 5.97 Å². The number of methoxy groups -OCH3 is 1. The van der Waals surface area contributed by atoms with Gasteiger partial charge in [0.05, 0.1) is 25.6 Å². The Kier molecular flexibility index (Phi) is 4.09. The van der Waals surface area contributed by atoms with E-state index in [2.05, 4.69) is 20.0 Å². The number of anilines is 1. The number of aliphatic hydroxyl groups excluding tert-OH is 1. The van der Waals surface area contributed by atoms with Gasteiger partial charge in [-0.1, -0.05) is 6.42 Å². The maximum atomic E-state index is 11.2. The van der Waals surface area contributed by atoms with Gasteiger partial charge in [-0.15, -0.1) is 0 Å². The molecule has 1 aromatic heterocycles. The van der Waals surface area contributed by atoms with E-state index >= 15 is 0 Å². The Morgan fingerprint density at radius 1 is 1.50 bits per heavy atom. The number of carbonyl (C=O) groups excluding carboxylic acids is 1. The van der Waals surface area contributed by atoms with Crippen molar-refractivity contribution in [1.82, 2.24) is 9.97 Å². The fourth-order valence-electron chi connectivity index (χ4n) is 2.12. The third-order valence-corrected chi connectivity index (χ3v) is 3.21. The molecular weight excluding hydrogens is 234 g/mol. The van der Waals surface area contributed by atoms with Crippen molar-refractivity contribution >= 4 is 11.8 Å². The van der Waals surface area contributed by atoms with Crippen molar-refractivity contribution in [2.45, 2.75) is 25.4 Å². The van der Waals surface area contributed by atoms with Crippen LogP contribution in [0, 0.1) is 5.92 Å². The van der Waals surface area contributed by atoms with Crippen LogP contribution in [0.3, 0.4) is 0 Å². The highest BCUT2D eigenvalue weighted by molar-refractivity contribution is 5.86. The first-order valence-corrected chi connectivity index (χ1v) is 6.03. The number of rotatable bonds is 4. The van der Waals surface area contributed by atoms with Gasteiger partial charge in [0.2, 0.25) is 0 Å². The third-order valence-electron chi connectivity index (χ3n) is 3.21. The molecule has 0 bridgehead atoms. The van der Waals surface area contributed by atoms with Crippen LogP contribution in [0.15, 0.2) is 12.4 Å². The Hall–Kier alpha value is -1.69. The van der Waals surface area contributed by atoms with E-state index in [0.717, 1.165) is 19.3 Å². The van der Waals surface area contributed by atoms with Crippen molar-refractivity contribution in [2.75, 3.05) is 19.0 Å². The predicted octanol–water partition coefficient (Wildman–Crippen LogP) is 0.836. The van der Waals surface area contributed by atoms with Gasteiger partial charge < -0.3 is 15.2 Å². The Bertz CT molecular complexity index is 408. The quantitative estimate of drug-likeness (QED) is 0.771. The van der Waals surface area contributed by atoms with Crippen molar-refractivity contribution < 1.29 is 14.6 Å². The molecule has 2 unspecified atom stereocenters. The van der Waals surface area contributed by atoms with Crippen LogP contribution in [-0.4, -0.2) is 40.8 Å². The van der Waals surface area contributed by atoms with E-state index in [4.69, 9.17) is 0 Å². The summed E-state index contributed by atoms with van der Waals surface area (Å²) in [5.74, 6) is 0.370. The number of aromatic nitrogens is 2. The van der Waals surface area contributed by atoms with E-state index in [1.54, 1.807) is 0 Å². The van der Waals surface area contributed by atoms with E-state index < -0.39 is 5.97 Å². The molecule has 0 amide bonds. The molecule has 1 fully saturated rings.